The Bertz CT molecular complexity index is 1140. The fourth-order valence-electron chi connectivity index (χ4n) is 3.44. The highest BCUT2D eigenvalue weighted by Crippen LogP contribution is 2.23. The van der Waals surface area contributed by atoms with E-state index in [4.69, 9.17) is 21.1 Å². The third-order valence-electron chi connectivity index (χ3n) is 5.00. The highest BCUT2D eigenvalue weighted by Gasteiger charge is 2.21. The fourth-order valence-corrected chi connectivity index (χ4v) is 4.41. The molecule has 1 N–H and O–H groups in total. The maximum atomic E-state index is 13.1. The van der Waals surface area contributed by atoms with Crippen molar-refractivity contribution in [2.24, 2.45) is 0 Å². The standard InChI is InChI=1S/C22H22ClN3O4S/c1-29-16-7-5-15(6-8-16)24-20(27)13-31-22-25-19-11-14(23)4-9-18(19)21(28)26(22)12-17-3-2-10-30-17/h4-9,11,17H,2-3,10,12-13H2,1H3,(H,24,27). The van der Waals surface area contributed by atoms with E-state index < -0.39 is 0 Å². The minimum absolute atomic E-state index is 0.0308. The number of thioether (sulfide) groups is 1. The summed E-state index contributed by atoms with van der Waals surface area (Å²) in [5.74, 6) is 0.625. The van der Waals surface area contributed by atoms with Gasteiger partial charge in [0.15, 0.2) is 5.16 Å². The lowest BCUT2D eigenvalue weighted by Crippen LogP contribution is -2.29. The Morgan fingerprint density at radius 1 is 1.32 bits per heavy atom. The van der Waals surface area contributed by atoms with E-state index in [2.05, 4.69) is 10.3 Å². The summed E-state index contributed by atoms with van der Waals surface area (Å²) in [5, 5.41) is 4.31. The second-order valence-electron chi connectivity index (χ2n) is 7.17. The van der Waals surface area contributed by atoms with Crippen LogP contribution in [0.5, 0.6) is 5.75 Å². The zero-order valence-electron chi connectivity index (χ0n) is 17.0. The summed E-state index contributed by atoms with van der Waals surface area (Å²) < 4.78 is 12.4. The molecule has 1 aromatic heterocycles. The van der Waals surface area contributed by atoms with Gasteiger partial charge >= 0.3 is 0 Å². The highest BCUT2D eigenvalue weighted by atomic mass is 35.5. The van der Waals surface area contributed by atoms with Crippen LogP contribution in [0.4, 0.5) is 5.69 Å². The molecule has 1 amide bonds. The van der Waals surface area contributed by atoms with Crippen molar-refractivity contribution in [1.82, 2.24) is 9.55 Å². The van der Waals surface area contributed by atoms with Crippen molar-refractivity contribution in [3.63, 3.8) is 0 Å². The van der Waals surface area contributed by atoms with Gasteiger partial charge in [-0.1, -0.05) is 23.4 Å². The van der Waals surface area contributed by atoms with Crippen LogP contribution in [-0.2, 0) is 16.1 Å². The van der Waals surface area contributed by atoms with Crippen molar-refractivity contribution in [2.45, 2.75) is 30.6 Å². The van der Waals surface area contributed by atoms with Gasteiger partial charge in [-0.2, -0.15) is 0 Å². The van der Waals surface area contributed by atoms with Crippen LogP contribution in [0.1, 0.15) is 12.8 Å². The second kappa shape index (κ2) is 9.72. The molecule has 9 heteroatoms. The van der Waals surface area contributed by atoms with Gasteiger partial charge in [0.1, 0.15) is 5.75 Å². The van der Waals surface area contributed by atoms with Gasteiger partial charge in [-0.3, -0.25) is 14.2 Å². The van der Waals surface area contributed by atoms with Crippen molar-refractivity contribution in [2.75, 3.05) is 24.8 Å². The monoisotopic (exact) mass is 459 g/mol. The van der Waals surface area contributed by atoms with E-state index >= 15 is 0 Å². The zero-order valence-corrected chi connectivity index (χ0v) is 18.5. The molecule has 1 atom stereocenters. The number of nitrogens with zero attached hydrogens (tertiary/aromatic N) is 2. The van der Waals surface area contributed by atoms with Crippen LogP contribution >= 0.6 is 23.4 Å². The van der Waals surface area contributed by atoms with E-state index in [0.717, 1.165) is 12.8 Å². The molecule has 0 radical (unpaired) electrons. The first-order valence-electron chi connectivity index (χ1n) is 9.92. The summed E-state index contributed by atoms with van der Waals surface area (Å²) in [6.07, 6.45) is 1.84. The lowest BCUT2D eigenvalue weighted by atomic mass is 10.2. The van der Waals surface area contributed by atoms with Crippen LogP contribution in [0.15, 0.2) is 52.4 Å². The normalized spacial score (nSPS) is 15.9. The topological polar surface area (TPSA) is 82.5 Å². The van der Waals surface area contributed by atoms with Crippen molar-refractivity contribution in [1.29, 1.82) is 0 Å². The smallest absolute Gasteiger partial charge is 0.262 e. The molecule has 0 bridgehead atoms. The van der Waals surface area contributed by atoms with Gasteiger partial charge in [-0.15, -0.1) is 0 Å². The Hall–Kier alpha value is -2.55. The first-order valence-corrected chi connectivity index (χ1v) is 11.3. The predicted molar refractivity (Wildman–Crippen MR) is 122 cm³/mol. The Kier molecular flexibility index (Phi) is 6.80. The molecule has 1 aliphatic heterocycles. The molecule has 1 saturated heterocycles. The molecule has 4 rings (SSSR count). The number of anilines is 1. The van der Waals surface area contributed by atoms with Crippen molar-refractivity contribution < 1.29 is 14.3 Å². The molecule has 0 spiro atoms. The Labute approximate surface area is 188 Å². The van der Waals surface area contributed by atoms with E-state index in [0.29, 0.717) is 45.7 Å². The van der Waals surface area contributed by atoms with Gasteiger partial charge in [-0.25, -0.2) is 4.98 Å². The number of hydrogen-bond donors (Lipinski definition) is 1. The number of hydrogen-bond acceptors (Lipinski definition) is 6. The van der Waals surface area contributed by atoms with Crippen LogP contribution in [0.3, 0.4) is 0 Å². The van der Waals surface area contributed by atoms with Crippen LogP contribution in [-0.4, -0.2) is 41.0 Å². The molecule has 1 fully saturated rings. The number of carbonyl (C=O) groups is 1. The maximum absolute atomic E-state index is 13.1. The van der Waals surface area contributed by atoms with Gasteiger partial charge in [0.25, 0.3) is 5.56 Å². The molecule has 1 aliphatic rings. The van der Waals surface area contributed by atoms with Crippen LogP contribution in [0, 0.1) is 0 Å². The number of methoxy groups -OCH3 is 1. The number of carbonyl (C=O) groups excluding carboxylic acids is 1. The molecule has 1 unspecified atom stereocenters. The summed E-state index contributed by atoms with van der Waals surface area (Å²) in [7, 11) is 1.59. The number of halogens is 1. The summed E-state index contributed by atoms with van der Waals surface area (Å²) >= 11 is 7.31. The van der Waals surface area contributed by atoms with Gasteiger partial charge in [0.05, 0.1) is 36.4 Å². The number of benzene rings is 2. The number of fused-ring (bicyclic) bond motifs is 1. The second-order valence-corrected chi connectivity index (χ2v) is 8.55. The van der Waals surface area contributed by atoms with Crippen LogP contribution in [0.25, 0.3) is 10.9 Å². The average Bonchev–Trinajstić information content (AvgIpc) is 3.28. The number of aromatic nitrogens is 2. The van der Waals surface area contributed by atoms with Crippen molar-refractivity contribution in [3.8, 4) is 5.75 Å². The minimum atomic E-state index is -0.195. The van der Waals surface area contributed by atoms with Gasteiger partial charge in [0.2, 0.25) is 5.91 Å². The number of amides is 1. The third kappa shape index (κ3) is 5.20. The number of rotatable bonds is 7. The molecule has 7 nitrogen and oxygen atoms in total. The average molecular weight is 460 g/mol. The quantitative estimate of drug-likeness (QED) is 0.425. The van der Waals surface area contributed by atoms with E-state index in [9.17, 15) is 9.59 Å². The lowest BCUT2D eigenvalue weighted by molar-refractivity contribution is -0.113. The lowest BCUT2D eigenvalue weighted by Gasteiger charge is -2.16. The van der Waals surface area contributed by atoms with Crippen molar-refractivity contribution in [3.05, 3.63) is 57.8 Å². The van der Waals surface area contributed by atoms with Crippen LogP contribution in [0.2, 0.25) is 5.02 Å². The van der Waals surface area contributed by atoms with Gasteiger partial charge in [0, 0.05) is 17.3 Å². The molecule has 31 heavy (non-hydrogen) atoms. The van der Waals surface area contributed by atoms with Gasteiger partial charge in [-0.05, 0) is 55.3 Å². The summed E-state index contributed by atoms with van der Waals surface area (Å²) in [6, 6.07) is 12.1. The Morgan fingerprint density at radius 2 is 2.13 bits per heavy atom. The van der Waals surface area contributed by atoms with E-state index in [1.165, 1.54) is 11.8 Å². The highest BCUT2D eigenvalue weighted by molar-refractivity contribution is 7.99. The molecule has 0 saturated carbocycles. The first-order chi connectivity index (χ1) is 15.0. The molecule has 162 valence electrons. The molecule has 2 aromatic carbocycles. The first kappa shape index (κ1) is 21.7. The predicted octanol–water partition coefficient (Wildman–Crippen LogP) is 3.97. The summed E-state index contributed by atoms with van der Waals surface area (Å²) in [5.41, 5.74) is 1.02. The SMILES string of the molecule is COc1ccc(NC(=O)CSc2nc3cc(Cl)ccc3c(=O)n2CC2CCCO2)cc1. The van der Waals surface area contributed by atoms with E-state index in [1.54, 1.807) is 54.1 Å². The molecular weight excluding hydrogens is 438 g/mol. The molecule has 2 heterocycles. The Balaban J connectivity index is 1.55. The molecule has 3 aromatic rings. The third-order valence-corrected chi connectivity index (χ3v) is 6.21. The van der Waals surface area contributed by atoms with E-state index in [1.807, 2.05) is 0 Å². The summed E-state index contributed by atoms with van der Waals surface area (Å²) in [4.78, 5) is 30.2. The Morgan fingerprint density at radius 3 is 2.84 bits per heavy atom. The molecule has 0 aliphatic carbocycles. The van der Waals surface area contributed by atoms with Gasteiger partial charge < -0.3 is 14.8 Å². The van der Waals surface area contributed by atoms with Crippen molar-refractivity contribution >= 4 is 45.9 Å². The minimum Gasteiger partial charge on any atom is -0.497 e. The van der Waals surface area contributed by atoms with Crippen LogP contribution < -0.4 is 15.6 Å². The maximum Gasteiger partial charge on any atom is 0.262 e. The summed E-state index contributed by atoms with van der Waals surface area (Å²) in [6.45, 7) is 1.11. The number of nitrogens with one attached hydrogen (secondary N) is 1. The zero-order chi connectivity index (χ0) is 21.8. The molecular formula is C22H22ClN3O4S. The largest absolute Gasteiger partial charge is 0.497 e. The van der Waals surface area contributed by atoms with E-state index in [-0.39, 0.29) is 23.3 Å². The fraction of sp³-hybridized carbons (Fsp3) is 0.318. The number of ether oxygens (including phenoxy) is 2.